The average Bonchev–Trinajstić information content (AvgIpc) is 2.32. The van der Waals surface area contributed by atoms with Crippen LogP contribution in [-0.2, 0) is 0 Å². The van der Waals surface area contributed by atoms with Gasteiger partial charge in [-0.1, -0.05) is 12.1 Å². The predicted molar refractivity (Wildman–Crippen MR) is 62.4 cm³/mol. The molecule has 2 nitrogen and oxygen atoms in total. The maximum absolute atomic E-state index is 13.7. The van der Waals surface area contributed by atoms with Gasteiger partial charge in [-0.05, 0) is 34.1 Å². The van der Waals surface area contributed by atoms with Crippen LogP contribution in [0.3, 0.4) is 0 Å². The van der Waals surface area contributed by atoms with E-state index in [1.807, 2.05) is 0 Å². The zero-order chi connectivity index (χ0) is 12.4. The van der Waals surface area contributed by atoms with E-state index in [1.54, 1.807) is 6.07 Å². The second-order valence-corrected chi connectivity index (χ2v) is 4.27. The van der Waals surface area contributed by atoms with E-state index in [9.17, 15) is 13.9 Å². The molecule has 1 atom stereocenters. The summed E-state index contributed by atoms with van der Waals surface area (Å²) < 4.78 is 27.3. The zero-order valence-electron chi connectivity index (χ0n) is 8.57. The first kappa shape index (κ1) is 12.1. The maximum Gasteiger partial charge on any atom is 0.147 e. The van der Waals surface area contributed by atoms with Gasteiger partial charge >= 0.3 is 0 Å². The monoisotopic (exact) mass is 299 g/mol. The lowest BCUT2D eigenvalue weighted by molar-refractivity contribution is 0.204. The van der Waals surface area contributed by atoms with Crippen molar-refractivity contribution in [1.29, 1.82) is 0 Å². The van der Waals surface area contributed by atoms with Gasteiger partial charge in [0.15, 0.2) is 0 Å². The van der Waals surface area contributed by atoms with Crippen molar-refractivity contribution < 1.29 is 13.9 Å². The number of benzene rings is 1. The van der Waals surface area contributed by atoms with Crippen molar-refractivity contribution in [2.75, 3.05) is 0 Å². The fourth-order valence-corrected chi connectivity index (χ4v) is 1.86. The third-order valence-electron chi connectivity index (χ3n) is 2.32. The van der Waals surface area contributed by atoms with Crippen molar-refractivity contribution >= 4 is 15.9 Å². The van der Waals surface area contributed by atoms with E-state index < -0.39 is 17.7 Å². The normalized spacial score (nSPS) is 12.5. The third-order valence-corrected chi connectivity index (χ3v) is 2.93. The molecule has 0 aliphatic heterocycles. The molecule has 0 saturated heterocycles. The van der Waals surface area contributed by atoms with Crippen molar-refractivity contribution in [2.24, 2.45) is 0 Å². The standard InChI is InChI=1S/C12H8BrF2NO/c13-8-4-1-3-7(10(8)15)12(17)11-9(14)5-2-6-16-11/h1-6,12,17H. The first-order chi connectivity index (χ1) is 8.11. The van der Waals surface area contributed by atoms with Crippen molar-refractivity contribution in [3.63, 3.8) is 0 Å². The van der Waals surface area contributed by atoms with Gasteiger partial charge in [0.2, 0.25) is 0 Å². The Labute approximate surface area is 105 Å². The molecule has 0 fully saturated rings. The molecule has 0 spiro atoms. The van der Waals surface area contributed by atoms with Gasteiger partial charge in [-0.15, -0.1) is 0 Å². The largest absolute Gasteiger partial charge is 0.382 e. The molecule has 0 radical (unpaired) electrons. The number of pyridine rings is 1. The number of aromatic nitrogens is 1. The minimum Gasteiger partial charge on any atom is -0.382 e. The summed E-state index contributed by atoms with van der Waals surface area (Å²) in [6.45, 7) is 0. The fraction of sp³-hybridized carbons (Fsp3) is 0.0833. The van der Waals surface area contributed by atoms with Crippen LogP contribution in [-0.4, -0.2) is 10.1 Å². The number of rotatable bonds is 2. The summed E-state index contributed by atoms with van der Waals surface area (Å²) in [5, 5.41) is 9.91. The molecule has 0 bridgehead atoms. The molecule has 0 aliphatic rings. The molecule has 0 amide bonds. The summed E-state index contributed by atoms with van der Waals surface area (Å²) >= 11 is 3.01. The smallest absolute Gasteiger partial charge is 0.147 e. The van der Waals surface area contributed by atoms with Crippen molar-refractivity contribution in [3.05, 3.63) is 63.9 Å². The van der Waals surface area contributed by atoms with E-state index in [4.69, 9.17) is 0 Å². The van der Waals surface area contributed by atoms with E-state index in [2.05, 4.69) is 20.9 Å². The quantitative estimate of drug-likeness (QED) is 0.924. The predicted octanol–water partition coefficient (Wildman–Crippen LogP) is 3.20. The Bertz CT molecular complexity index is 548. The highest BCUT2D eigenvalue weighted by molar-refractivity contribution is 9.10. The number of halogens is 3. The topological polar surface area (TPSA) is 33.1 Å². The maximum atomic E-state index is 13.7. The average molecular weight is 300 g/mol. The minimum atomic E-state index is -1.42. The molecule has 1 N–H and O–H groups in total. The Kier molecular flexibility index (Phi) is 3.49. The number of hydrogen-bond donors (Lipinski definition) is 1. The number of nitrogens with zero attached hydrogens (tertiary/aromatic N) is 1. The Morgan fingerprint density at radius 1 is 1.18 bits per heavy atom. The van der Waals surface area contributed by atoms with Crippen LogP contribution in [0, 0.1) is 11.6 Å². The summed E-state index contributed by atoms with van der Waals surface area (Å²) in [5.74, 6) is -1.29. The van der Waals surface area contributed by atoms with Crippen LogP contribution < -0.4 is 0 Å². The van der Waals surface area contributed by atoms with Crippen LogP contribution in [0.1, 0.15) is 17.4 Å². The first-order valence-electron chi connectivity index (χ1n) is 4.83. The van der Waals surface area contributed by atoms with E-state index in [0.29, 0.717) is 0 Å². The van der Waals surface area contributed by atoms with Gasteiger partial charge in [-0.25, -0.2) is 8.78 Å². The summed E-state index contributed by atoms with van der Waals surface area (Å²) in [4.78, 5) is 3.72. The summed E-state index contributed by atoms with van der Waals surface area (Å²) in [6.07, 6.45) is -0.0777. The fourth-order valence-electron chi connectivity index (χ4n) is 1.48. The van der Waals surface area contributed by atoms with E-state index in [0.717, 1.165) is 0 Å². The summed E-state index contributed by atoms with van der Waals surface area (Å²) in [7, 11) is 0. The molecule has 1 aromatic carbocycles. The van der Waals surface area contributed by atoms with Gasteiger partial charge in [0.05, 0.1) is 4.47 Å². The van der Waals surface area contributed by atoms with Gasteiger partial charge in [-0.2, -0.15) is 0 Å². The molecular formula is C12H8BrF2NO. The van der Waals surface area contributed by atoms with Crippen LogP contribution >= 0.6 is 15.9 Å². The second-order valence-electron chi connectivity index (χ2n) is 3.42. The van der Waals surface area contributed by atoms with E-state index in [-0.39, 0.29) is 15.7 Å². The SMILES string of the molecule is OC(c1cccc(Br)c1F)c1ncccc1F. The minimum absolute atomic E-state index is 0.0167. The van der Waals surface area contributed by atoms with Crippen LogP contribution in [0.4, 0.5) is 8.78 Å². The van der Waals surface area contributed by atoms with Crippen LogP contribution in [0.15, 0.2) is 41.0 Å². The zero-order valence-corrected chi connectivity index (χ0v) is 10.2. The Balaban J connectivity index is 2.48. The Hall–Kier alpha value is -1.33. The second kappa shape index (κ2) is 4.89. The molecule has 2 aromatic rings. The van der Waals surface area contributed by atoms with Gasteiger partial charge in [0, 0.05) is 11.8 Å². The third kappa shape index (κ3) is 2.35. The highest BCUT2D eigenvalue weighted by atomic mass is 79.9. The van der Waals surface area contributed by atoms with Crippen LogP contribution in [0.5, 0.6) is 0 Å². The van der Waals surface area contributed by atoms with Gasteiger partial charge < -0.3 is 5.11 Å². The number of aliphatic hydroxyl groups is 1. The lowest BCUT2D eigenvalue weighted by atomic mass is 10.1. The number of aliphatic hydroxyl groups excluding tert-OH is 1. The van der Waals surface area contributed by atoms with Gasteiger partial charge in [0.1, 0.15) is 23.4 Å². The summed E-state index contributed by atoms with van der Waals surface area (Å²) in [6, 6.07) is 7.02. The highest BCUT2D eigenvalue weighted by Crippen LogP contribution is 2.28. The van der Waals surface area contributed by atoms with Crippen molar-refractivity contribution in [2.45, 2.75) is 6.10 Å². The van der Waals surface area contributed by atoms with Crippen molar-refractivity contribution in [3.8, 4) is 0 Å². The van der Waals surface area contributed by atoms with Gasteiger partial charge in [0.25, 0.3) is 0 Å². The molecule has 5 heteroatoms. The molecule has 88 valence electrons. The highest BCUT2D eigenvalue weighted by Gasteiger charge is 2.20. The molecule has 17 heavy (non-hydrogen) atoms. The molecule has 2 rings (SSSR count). The van der Waals surface area contributed by atoms with Crippen LogP contribution in [0.2, 0.25) is 0 Å². The molecule has 1 unspecified atom stereocenters. The van der Waals surface area contributed by atoms with E-state index in [1.165, 1.54) is 30.5 Å². The molecule has 1 heterocycles. The van der Waals surface area contributed by atoms with Crippen LogP contribution in [0.25, 0.3) is 0 Å². The number of hydrogen-bond acceptors (Lipinski definition) is 2. The van der Waals surface area contributed by atoms with Gasteiger partial charge in [-0.3, -0.25) is 4.98 Å². The molecular weight excluding hydrogens is 292 g/mol. The lowest BCUT2D eigenvalue weighted by Crippen LogP contribution is -2.07. The van der Waals surface area contributed by atoms with Crippen molar-refractivity contribution in [1.82, 2.24) is 4.98 Å². The first-order valence-corrected chi connectivity index (χ1v) is 5.63. The Morgan fingerprint density at radius 2 is 1.94 bits per heavy atom. The molecule has 1 aromatic heterocycles. The lowest BCUT2D eigenvalue weighted by Gasteiger charge is -2.12. The molecule has 0 saturated carbocycles. The summed E-state index contributed by atoms with van der Waals surface area (Å²) in [5.41, 5.74) is -0.207. The van der Waals surface area contributed by atoms with E-state index >= 15 is 0 Å². The molecule has 0 aliphatic carbocycles. The Morgan fingerprint density at radius 3 is 2.65 bits per heavy atom.